The van der Waals surface area contributed by atoms with E-state index in [0.717, 1.165) is 0 Å². The number of sulfonamides is 1. The molecule has 2 aromatic rings. The second-order valence-electron chi connectivity index (χ2n) is 6.09. The van der Waals surface area contributed by atoms with Gasteiger partial charge in [0.25, 0.3) is 0 Å². The first-order chi connectivity index (χ1) is 12.3. The zero-order valence-corrected chi connectivity index (χ0v) is 16.9. The molecule has 1 saturated heterocycles. The van der Waals surface area contributed by atoms with Gasteiger partial charge in [-0.25, -0.2) is 8.42 Å². The molecule has 0 N–H and O–H groups in total. The number of rotatable bonds is 5. The van der Waals surface area contributed by atoms with Gasteiger partial charge in [-0.15, -0.1) is 0 Å². The zero-order chi connectivity index (χ0) is 18.9. The Morgan fingerprint density at radius 2 is 1.88 bits per heavy atom. The van der Waals surface area contributed by atoms with Crippen LogP contribution in [0.25, 0.3) is 0 Å². The summed E-state index contributed by atoms with van der Waals surface area (Å²) in [6.45, 7) is 5.85. The number of hydrogen-bond acceptors (Lipinski definition) is 6. The van der Waals surface area contributed by atoms with Crippen molar-refractivity contribution in [1.29, 1.82) is 0 Å². The van der Waals surface area contributed by atoms with Gasteiger partial charge in [-0.1, -0.05) is 35.3 Å². The second kappa shape index (κ2) is 7.82. The molecule has 142 valence electrons. The zero-order valence-electron chi connectivity index (χ0n) is 14.5. The Labute approximate surface area is 162 Å². The van der Waals surface area contributed by atoms with Crippen molar-refractivity contribution in [3.8, 4) is 0 Å². The van der Waals surface area contributed by atoms with Crippen LogP contribution in [0.2, 0.25) is 10.0 Å². The molecule has 26 heavy (non-hydrogen) atoms. The molecule has 0 radical (unpaired) electrons. The van der Waals surface area contributed by atoms with Crippen LogP contribution in [0.4, 0.5) is 0 Å². The first-order valence-electron chi connectivity index (χ1n) is 8.34. The number of halogens is 2. The van der Waals surface area contributed by atoms with Gasteiger partial charge in [0.2, 0.25) is 15.9 Å². The minimum atomic E-state index is -3.60. The summed E-state index contributed by atoms with van der Waals surface area (Å²) >= 11 is 11.8. The van der Waals surface area contributed by atoms with Crippen LogP contribution in [0, 0.1) is 0 Å². The molecule has 0 spiro atoms. The third-order valence-corrected chi connectivity index (χ3v) is 7.14. The van der Waals surface area contributed by atoms with E-state index in [9.17, 15) is 8.42 Å². The average molecular weight is 419 g/mol. The van der Waals surface area contributed by atoms with Crippen LogP contribution in [0.1, 0.15) is 31.6 Å². The van der Waals surface area contributed by atoms with Crippen molar-refractivity contribution in [3.05, 3.63) is 40.0 Å². The smallest absolute Gasteiger partial charge is 0.243 e. The van der Waals surface area contributed by atoms with Crippen LogP contribution in [0.5, 0.6) is 0 Å². The molecule has 1 atom stereocenters. The van der Waals surface area contributed by atoms with E-state index in [2.05, 4.69) is 15.0 Å². The quantitative estimate of drug-likeness (QED) is 0.742. The monoisotopic (exact) mass is 418 g/mol. The summed E-state index contributed by atoms with van der Waals surface area (Å²) < 4.78 is 32.4. The largest absolute Gasteiger partial charge is 0.338 e. The summed E-state index contributed by atoms with van der Waals surface area (Å²) in [4.78, 5) is 6.64. The van der Waals surface area contributed by atoms with Crippen molar-refractivity contribution >= 4 is 33.2 Å². The molecule has 1 aliphatic rings. The molecule has 3 rings (SSSR count). The van der Waals surface area contributed by atoms with Crippen LogP contribution in [-0.4, -0.2) is 53.9 Å². The standard InChI is InChI=1S/C16H20Cl2N4O3S/c1-3-15-19-16(25-20-15)11(2)21-6-8-22(9-7-21)26(23,24)12-4-5-13(17)14(18)10-12/h4-5,10-11H,3,6-9H2,1-2H3/t11-/m0/s1. The fourth-order valence-electron chi connectivity index (χ4n) is 2.85. The minimum absolute atomic E-state index is 0.0577. The van der Waals surface area contributed by atoms with Crippen molar-refractivity contribution in [2.24, 2.45) is 0 Å². The highest BCUT2D eigenvalue weighted by Crippen LogP contribution is 2.28. The van der Waals surface area contributed by atoms with Crippen LogP contribution >= 0.6 is 23.2 Å². The Morgan fingerprint density at radius 1 is 1.19 bits per heavy atom. The molecule has 0 amide bonds. The maximum atomic E-state index is 12.8. The lowest BCUT2D eigenvalue weighted by molar-refractivity contribution is 0.124. The van der Waals surface area contributed by atoms with E-state index in [1.54, 1.807) is 0 Å². The summed E-state index contributed by atoms with van der Waals surface area (Å²) in [5, 5.41) is 4.47. The summed E-state index contributed by atoms with van der Waals surface area (Å²) in [6, 6.07) is 4.30. The average Bonchev–Trinajstić information content (AvgIpc) is 3.12. The molecular formula is C16H20Cl2N4O3S. The van der Waals surface area contributed by atoms with Crippen molar-refractivity contribution in [1.82, 2.24) is 19.3 Å². The molecule has 0 aliphatic carbocycles. The number of benzene rings is 1. The maximum absolute atomic E-state index is 12.8. The maximum Gasteiger partial charge on any atom is 0.243 e. The van der Waals surface area contributed by atoms with Gasteiger partial charge in [0, 0.05) is 32.6 Å². The number of nitrogens with zero attached hydrogens (tertiary/aromatic N) is 4. The van der Waals surface area contributed by atoms with E-state index in [4.69, 9.17) is 27.7 Å². The molecular weight excluding hydrogens is 399 g/mol. The van der Waals surface area contributed by atoms with Gasteiger partial charge in [0.15, 0.2) is 5.82 Å². The number of aryl methyl sites for hydroxylation is 1. The van der Waals surface area contributed by atoms with Crippen molar-refractivity contribution in [3.63, 3.8) is 0 Å². The third-order valence-electron chi connectivity index (χ3n) is 4.51. The Morgan fingerprint density at radius 3 is 2.46 bits per heavy atom. The van der Waals surface area contributed by atoms with E-state index >= 15 is 0 Å². The van der Waals surface area contributed by atoms with Crippen molar-refractivity contribution in [2.75, 3.05) is 26.2 Å². The van der Waals surface area contributed by atoms with E-state index in [1.165, 1.54) is 22.5 Å². The first kappa shape index (κ1) is 19.6. The normalized spacial score (nSPS) is 18.2. The fraction of sp³-hybridized carbons (Fsp3) is 0.500. The predicted molar refractivity (Wildman–Crippen MR) is 98.9 cm³/mol. The van der Waals surface area contributed by atoms with Crippen LogP contribution in [-0.2, 0) is 16.4 Å². The van der Waals surface area contributed by atoms with Crippen LogP contribution < -0.4 is 0 Å². The predicted octanol–water partition coefficient (Wildman–Crippen LogP) is 3.01. The molecule has 2 heterocycles. The molecule has 1 aromatic heterocycles. The molecule has 0 saturated carbocycles. The fourth-order valence-corrected chi connectivity index (χ4v) is 4.67. The Kier molecular flexibility index (Phi) is 5.88. The number of piperazine rings is 1. The molecule has 1 aromatic carbocycles. The van der Waals surface area contributed by atoms with Crippen LogP contribution in [0.15, 0.2) is 27.6 Å². The Balaban J connectivity index is 1.68. The Bertz CT molecular complexity index is 879. The van der Waals surface area contributed by atoms with Crippen molar-refractivity contribution in [2.45, 2.75) is 31.2 Å². The lowest BCUT2D eigenvalue weighted by Gasteiger charge is -2.36. The highest BCUT2D eigenvalue weighted by atomic mass is 35.5. The van der Waals surface area contributed by atoms with Gasteiger partial charge >= 0.3 is 0 Å². The number of hydrogen-bond donors (Lipinski definition) is 0. The van der Waals surface area contributed by atoms with E-state index in [-0.39, 0.29) is 16.0 Å². The lowest BCUT2D eigenvalue weighted by Crippen LogP contribution is -2.49. The molecule has 0 bridgehead atoms. The molecule has 1 fully saturated rings. The van der Waals surface area contributed by atoms with Crippen molar-refractivity contribution < 1.29 is 12.9 Å². The molecule has 0 unspecified atom stereocenters. The van der Waals surface area contributed by atoms with Gasteiger partial charge in [-0.05, 0) is 25.1 Å². The SMILES string of the molecule is CCc1noc([C@H](C)N2CCN(S(=O)(=O)c3ccc(Cl)c(Cl)c3)CC2)n1. The summed E-state index contributed by atoms with van der Waals surface area (Å²) in [6.07, 6.45) is 0.714. The van der Waals surface area contributed by atoms with E-state index in [0.29, 0.717) is 49.3 Å². The number of aromatic nitrogens is 2. The summed E-state index contributed by atoms with van der Waals surface area (Å²) in [7, 11) is -3.60. The highest BCUT2D eigenvalue weighted by molar-refractivity contribution is 7.89. The van der Waals surface area contributed by atoms with Crippen LogP contribution in [0.3, 0.4) is 0 Å². The molecule has 1 aliphatic heterocycles. The van der Waals surface area contributed by atoms with E-state index in [1.807, 2.05) is 13.8 Å². The van der Waals surface area contributed by atoms with E-state index < -0.39 is 10.0 Å². The Hall–Kier alpha value is -1.19. The summed E-state index contributed by atoms with van der Waals surface area (Å²) in [5.74, 6) is 1.23. The lowest BCUT2D eigenvalue weighted by atomic mass is 10.2. The third kappa shape index (κ3) is 3.89. The second-order valence-corrected chi connectivity index (χ2v) is 8.85. The summed E-state index contributed by atoms with van der Waals surface area (Å²) in [5.41, 5.74) is 0. The first-order valence-corrected chi connectivity index (χ1v) is 10.5. The highest BCUT2D eigenvalue weighted by Gasteiger charge is 2.32. The van der Waals surface area contributed by atoms with Gasteiger partial charge in [-0.3, -0.25) is 4.90 Å². The van der Waals surface area contributed by atoms with Gasteiger partial charge < -0.3 is 4.52 Å². The molecule has 7 nitrogen and oxygen atoms in total. The van der Waals surface area contributed by atoms with Gasteiger partial charge in [0.05, 0.1) is 21.0 Å². The molecule has 10 heteroatoms. The minimum Gasteiger partial charge on any atom is -0.338 e. The van der Waals surface area contributed by atoms with Gasteiger partial charge in [-0.2, -0.15) is 9.29 Å². The van der Waals surface area contributed by atoms with Gasteiger partial charge in [0.1, 0.15) is 0 Å². The topological polar surface area (TPSA) is 79.5 Å².